The molecule has 0 bridgehead atoms. The van der Waals surface area contributed by atoms with Crippen LogP contribution in [0.25, 0.3) is 5.69 Å². The summed E-state index contributed by atoms with van der Waals surface area (Å²) in [5.41, 5.74) is 8.59. The molecule has 2 aromatic rings. The number of hydrogen-bond acceptors (Lipinski definition) is 3. The summed E-state index contributed by atoms with van der Waals surface area (Å²) in [5.74, 6) is 0.975. The van der Waals surface area contributed by atoms with Gasteiger partial charge in [-0.05, 0) is 31.0 Å². The molecule has 0 spiro atoms. The summed E-state index contributed by atoms with van der Waals surface area (Å²) < 4.78 is 1.96. The van der Waals surface area contributed by atoms with Crippen molar-refractivity contribution in [3.05, 3.63) is 48.3 Å². The molecule has 1 aliphatic rings. The van der Waals surface area contributed by atoms with Crippen molar-refractivity contribution in [2.24, 2.45) is 5.73 Å². The Labute approximate surface area is 130 Å². The van der Waals surface area contributed by atoms with Crippen LogP contribution >= 0.6 is 11.8 Å². The molecule has 1 atom stereocenters. The Morgan fingerprint density at radius 3 is 2.67 bits per heavy atom. The Bertz CT molecular complexity index is 546. The molecule has 0 saturated heterocycles. The molecule has 21 heavy (non-hydrogen) atoms. The first-order valence-corrected chi connectivity index (χ1v) is 8.86. The van der Waals surface area contributed by atoms with Gasteiger partial charge in [-0.2, -0.15) is 16.9 Å². The van der Waals surface area contributed by atoms with Crippen molar-refractivity contribution in [3.8, 4) is 5.69 Å². The van der Waals surface area contributed by atoms with E-state index in [1.54, 1.807) is 0 Å². The van der Waals surface area contributed by atoms with Gasteiger partial charge in [0, 0.05) is 17.2 Å². The lowest BCUT2D eigenvalue weighted by molar-refractivity contribution is 0.515. The molecule has 4 heteroatoms. The molecular weight excluding hydrogens is 278 g/mol. The van der Waals surface area contributed by atoms with Crippen LogP contribution in [0.2, 0.25) is 0 Å². The highest BCUT2D eigenvalue weighted by atomic mass is 32.2. The van der Waals surface area contributed by atoms with E-state index in [4.69, 9.17) is 5.73 Å². The van der Waals surface area contributed by atoms with Crippen LogP contribution in [-0.4, -0.2) is 20.8 Å². The quantitative estimate of drug-likeness (QED) is 0.909. The smallest absolute Gasteiger partial charge is 0.0649 e. The highest BCUT2D eigenvalue weighted by Gasteiger charge is 2.18. The van der Waals surface area contributed by atoms with Gasteiger partial charge >= 0.3 is 0 Å². The molecule has 1 aromatic carbocycles. The zero-order chi connectivity index (χ0) is 14.5. The minimum atomic E-state index is 0.0413. The van der Waals surface area contributed by atoms with E-state index in [1.165, 1.54) is 32.1 Å². The molecule has 1 heterocycles. The van der Waals surface area contributed by atoms with Gasteiger partial charge in [0.05, 0.1) is 17.4 Å². The molecule has 1 unspecified atom stereocenters. The van der Waals surface area contributed by atoms with Crippen molar-refractivity contribution in [2.45, 2.75) is 43.4 Å². The molecule has 112 valence electrons. The SMILES string of the molecule is NC(CSC1CCCCC1)c1ccnn1-c1ccccc1. The van der Waals surface area contributed by atoms with Crippen molar-refractivity contribution >= 4 is 11.8 Å². The number of para-hydroxylation sites is 1. The largest absolute Gasteiger partial charge is 0.322 e. The molecule has 3 nitrogen and oxygen atoms in total. The lowest BCUT2D eigenvalue weighted by atomic mass is 10.0. The summed E-state index contributed by atoms with van der Waals surface area (Å²) in [6, 6.07) is 12.3. The maximum Gasteiger partial charge on any atom is 0.0649 e. The fraction of sp³-hybridized carbons (Fsp3) is 0.471. The van der Waals surface area contributed by atoms with Crippen LogP contribution in [0.1, 0.15) is 43.8 Å². The van der Waals surface area contributed by atoms with E-state index >= 15 is 0 Å². The predicted octanol–water partition coefficient (Wildman–Crippen LogP) is 3.94. The van der Waals surface area contributed by atoms with Crippen molar-refractivity contribution in [2.75, 3.05) is 5.75 Å². The van der Waals surface area contributed by atoms with Gasteiger partial charge in [-0.3, -0.25) is 0 Å². The topological polar surface area (TPSA) is 43.8 Å². The number of aromatic nitrogens is 2. The average Bonchev–Trinajstić information content (AvgIpc) is 3.04. The van der Waals surface area contributed by atoms with Gasteiger partial charge in [0.1, 0.15) is 0 Å². The average molecular weight is 301 g/mol. The first kappa shape index (κ1) is 14.7. The number of nitrogens with zero attached hydrogens (tertiary/aromatic N) is 2. The molecule has 3 rings (SSSR count). The Balaban J connectivity index is 1.65. The Morgan fingerprint density at radius 2 is 1.90 bits per heavy atom. The number of rotatable bonds is 5. The van der Waals surface area contributed by atoms with Gasteiger partial charge in [-0.15, -0.1) is 0 Å². The lowest BCUT2D eigenvalue weighted by Gasteiger charge is -2.23. The minimum absolute atomic E-state index is 0.0413. The molecule has 1 aliphatic carbocycles. The van der Waals surface area contributed by atoms with E-state index in [1.807, 2.05) is 46.9 Å². The fourth-order valence-electron chi connectivity index (χ4n) is 2.94. The standard InChI is InChI=1S/C17H23N3S/c18-16(13-21-15-9-5-2-6-10-15)17-11-12-19-20(17)14-7-3-1-4-8-14/h1,3-4,7-8,11-12,15-16H,2,5-6,9-10,13,18H2. The Morgan fingerprint density at radius 1 is 1.14 bits per heavy atom. The summed E-state index contributed by atoms with van der Waals surface area (Å²) in [6.45, 7) is 0. The summed E-state index contributed by atoms with van der Waals surface area (Å²) in [4.78, 5) is 0. The second-order valence-electron chi connectivity index (χ2n) is 5.70. The second kappa shape index (κ2) is 7.14. The predicted molar refractivity (Wildman–Crippen MR) is 89.8 cm³/mol. The number of benzene rings is 1. The summed E-state index contributed by atoms with van der Waals surface area (Å²) in [7, 11) is 0. The van der Waals surface area contributed by atoms with Crippen LogP contribution in [0, 0.1) is 0 Å². The van der Waals surface area contributed by atoms with E-state index in [2.05, 4.69) is 17.2 Å². The monoisotopic (exact) mass is 301 g/mol. The molecule has 1 saturated carbocycles. The van der Waals surface area contributed by atoms with Gasteiger partial charge in [-0.1, -0.05) is 37.5 Å². The van der Waals surface area contributed by atoms with Crippen molar-refractivity contribution in [1.29, 1.82) is 0 Å². The third kappa shape index (κ3) is 3.69. The van der Waals surface area contributed by atoms with Gasteiger partial charge < -0.3 is 5.73 Å². The minimum Gasteiger partial charge on any atom is -0.322 e. The lowest BCUT2D eigenvalue weighted by Crippen LogP contribution is -2.20. The van der Waals surface area contributed by atoms with Crippen molar-refractivity contribution in [3.63, 3.8) is 0 Å². The van der Waals surface area contributed by atoms with Crippen molar-refractivity contribution in [1.82, 2.24) is 9.78 Å². The zero-order valence-electron chi connectivity index (χ0n) is 12.3. The Hall–Kier alpha value is -1.26. The summed E-state index contributed by atoms with van der Waals surface area (Å²) in [5, 5.41) is 5.23. The third-order valence-corrected chi connectivity index (χ3v) is 5.61. The van der Waals surface area contributed by atoms with Crippen LogP contribution < -0.4 is 5.73 Å². The first-order chi connectivity index (χ1) is 10.3. The highest BCUT2D eigenvalue weighted by molar-refractivity contribution is 7.99. The van der Waals surface area contributed by atoms with Crippen molar-refractivity contribution < 1.29 is 0 Å². The van der Waals surface area contributed by atoms with Crippen LogP contribution in [0.4, 0.5) is 0 Å². The maximum absolute atomic E-state index is 6.41. The number of nitrogens with two attached hydrogens (primary N) is 1. The summed E-state index contributed by atoms with van der Waals surface area (Å²) >= 11 is 2.04. The van der Waals surface area contributed by atoms with Crippen LogP contribution in [0.5, 0.6) is 0 Å². The summed E-state index contributed by atoms with van der Waals surface area (Å²) in [6.07, 6.45) is 8.73. The molecule has 1 aromatic heterocycles. The maximum atomic E-state index is 6.41. The highest BCUT2D eigenvalue weighted by Crippen LogP contribution is 2.30. The van der Waals surface area contributed by atoms with E-state index in [9.17, 15) is 0 Å². The number of hydrogen-bond donors (Lipinski definition) is 1. The Kier molecular flexibility index (Phi) is 4.99. The molecule has 2 N–H and O–H groups in total. The third-order valence-electron chi connectivity index (χ3n) is 4.12. The first-order valence-electron chi connectivity index (χ1n) is 7.81. The van der Waals surface area contributed by atoms with Gasteiger partial charge in [0.25, 0.3) is 0 Å². The number of thioether (sulfide) groups is 1. The fourth-order valence-corrected chi connectivity index (χ4v) is 4.25. The van der Waals surface area contributed by atoms with Crippen LogP contribution in [0.3, 0.4) is 0 Å². The molecule has 0 amide bonds. The van der Waals surface area contributed by atoms with E-state index in [0.717, 1.165) is 22.4 Å². The van der Waals surface area contributed by atoms with Crippen LogP contribution in [0.15, 0.2) is 42.6 Å². The van der Waals surface area contributed by atoms with E-state index in [-0.39, 0.29) is 6.04 Å². The van der Waals surface area contributed by atoms with E-state index < -0.39 is 0 Å². The van der Waals surface area contributed by atoms with Gasteiger partial charge in [-0.25, -0.2) is 4.68 Å². The van der Waals surface area contributed by atoms with E-state index in [0.29, 0.717) is 0 Å². The molecule has 0 aliphatic heterocycles. The van der Waals surface area contributed by atoms with Crippen LogP contribution in [-0.2, 0) is 0 Å². The molecule has 1 fully saturated rings. The molecular formula is C17H23N3S. The molecule has 0 radical (unpaired) electrons. The van der Waals surface area contributed by atoms with Gasteiger partial charge in [0.2, 0.25) is 0 Å². The normalized spacial score (nSPS) is 17.8. The zero-order valence-corrected chi connectivity index (χ0v) is 13.1. The van der Waals surface area contributed by atoms with Gasteiger partial charge in [0.15, 0.2) is 0 Å². The second-order valence-corrected chi connectivity index (χ2v) is 7.04.